The number of methoxy groups -OCH3 is 1. The van der Waals surface area contributed by atoms with E-state index in [2.05, 4.69) is 22.2 Å². The molecular weight excluding hydrogens is 477 g/mol. The van der Waals surface area contributed by atoms with Gasteiger partial charge in [0.25, 0.3) is 0 Å². The second-order valence-electron chi connectivity index (χ2n) is 7.53. The van der Waals surface area contributed by atoms with Crippen LogP contribution in [0.5, 0.6) is 0 Å². The van der Waals surface area contributed by atoms with E-state index in [1.807, 2.05) is 20.8 Å². The lowest BCUT2D eigenvalue weighted by atomic mass is 10.2. The number of aliphatic imine (C=N–C) groups is 1. The van der Waals surface area contributed by atoms with E-state index in [1.54, 1.807) is 32.2 Å². The number of rotatable bonds is 6. The first-order valence-electron chi connectivity index (χ1n) is 8.94. The predicted molar refractivity (Wildman–Crippen MR) is 120 cm³/mol. The summed E-state index contributed by atoms with van der Waals surface area (Å²) in [5, 5.41) is 6.32. The molecule has 1 heterocycles. The molecule has 0 aromatic heterocycles. The van der Waals surface area contributed by atoms with Crippen LogP contribution in [0, 0.1) is 0 Å². The average Bonchev–Trinajstić information content (AvgIpc) is 2.98. The molecule has 0 spiro atoms. The molecule has 28 heavy (non-hydrogen) atoms. The molecule has 0 aromatic rings. The van der Waals surface area contributed by atoms with Gasteiger partial charge in [0.1, 0.15) is 12.1 Å². The fourth-order valence-electron chi connectivity index (χ4n) is 2.41. The Bertz CT molecular complexity index is 563. The van der Waals surface area contributed by atoms with Crippen LogP contribution in [-0.4, -0.2) is 92.9 Å². The standard InChI is InChI=1S/C18H33N5O4.HI/c1-8-9-19-16(20-10-15(24)22(5)6)21-13-11-23(12-14(13)26-7)17(25)27-18(2,3)4;/h8,13-14H,1,9-12H2,2-7H3,(H2,19,20,21);1H/t13?,14-;/m0./s1. The number of ether oxygens (including phenoxy) is 2. The zero-order chi connectivity index (χ0) is 20.6. The van der Waals surface area contributed by atoms with Crippen molar-refractivity contribution in [2.45, 2.75) is 38.5 Å². The van der Waals surface area contributed by atoms with Gasteiger partial charge in [0.05, 0.1) is 18.7 Å². The number of likely N-dealkylation sites (N-methyl/N-ethyl adjacent to an activating group) is 1. The van der Waals surface area contributed by atoms with Crippen molar-refractivity contribution in [2.24, 2.45) is 4.99 Å². The molecule has 0 bridgehead atoms. The molecule has 10 heteroatoms. The summed E-state index contributed by atoms with van der Waals surface area (Å²) in [4.78, 5) is 31.5. The minimum atomic E-state index is -0.560. The van der Waals surface area contributed by atoms with Crippen molar-refractivity contribution < 1.29 is 19.1 Å². The summed E-state index contributed by atoms with van der Waals surface area (Å²) >= 11 is 0. The molecule has 0 aliphatic carbocycles. The summed E-state index contributed by atoms with van der Waals surface area (Å²) in [6.07, 6.45) is 1.09. The Morgan fingerprint density at radius 2 is 1.96 bits per heavy atom. The summed E-state index contributed by atoms with van der Waals surface area (Å²) < 4.78 is 10.9. The predicted octanol–water partition coefficient (Wildman–Crippen LogP) is 1.05. The number of carbonyl (C=O) groups is 2. The van der Waals surface area contributed by atoms with E-state index in [0.29, 0.717) is 25.6 Å². The van der Waals surface area contributed by atoms with Crippen molar-refractivity contribution in [2.75, 3.05) is 47.4 Å². The fourth-order valence-corrected chi connectivity index (χ4v) is 2.41. The average molecular weight is 511 g/mol. The Morgan fingerprint density at radius 1 is 1.32 bits per heavy atom. The largest absolute Gasteiger partial charge is 0.444 e. The lowest BCUT2D eigenvalue weighted by Crippen LogP contribution is -2.49. The quantitative estimate of drug-likeness (QED) is 0.240. The Labute approximate surface area is 184 Å². The van der Waals surface area contributed by atoms with Gasteiger partial charge in [-0.3, -0.25) is 4.79 Å². The highest BCUT2D eigenvalue weighted by Gasteiger charge is 2.37. The first-order valence-corrected chi connectivity index (χ1v) is 8.94. The lowest BCUT2D eigenvalue weighted by Gasteiger charge is -2.24. The molecule has 9 nitrogen and oxygen atoms in total. The van der Waals surface area contributed by atoms with Gasteiger partial charge >= 0.3 is 6.09 Å². The number of amides is 2. The van der Waals surface area contributed by atoms with Gasteiger partial charge in [0.2, 0.25) is 5.91 Å². The Balaban J connectivity index is 0.00000729. The van der Waals surface area contributed by atoms with Crippen molar-refractivity contribution in [1.29, 1.82) is 0 Å². The van der Waals surface area contributed by atoms with Crippen LogP contribution in [0.1, 0.15) is 20.8 Å². The van der Waals surface area contributed by atoms with Crippen LogP contribution in [0.4, 0.5) is 4.79 Å². The zero-order valence-corrected chi connectivity index (χ0v) is 20.0. The molecule has 1 aliphatic heterocycles. The van der Waals surface area contributed by atoms with Gasteiger partial charge in [-0.15, -0.1) is 30.6 Å². The van der Waals surface area contributed by atoms with E-state index in [0.717, 1.165) is 0 Å². The highest BCUT2D eigenvalue weighted by atomic mass is 127. The molecule has 2 atom stereocenters. The third kappa shape index (κ3) is 9.09. The van der Waals surface area contributed by atoms with Crippen molar-refractivity contribution >= 4 is 41.9 Å². The molecule has 2 amide bonds. The number of carbonyl (C=O) groups excluding carboxylic acids is 2. The van der Waals surface area contributed by atoms with E-state index in [-0.39, 0.29) is 54.7 Å². The molecule has 162 valence electrons. The maximum Gasteiger partial charge on any atom is 0.410 e. The number of hydrogen-bond donors (Lipinski definition) is 2. The molecule has 0 saturated carbocycles. The van der Waals surface area contributed by atoms with Crippen LogP contribution >= 0.6 is 24.0 Å². The van der Waals surface area contributed by atoms with Crippen molar-refractivity contribution in [3.8, 4) is 0 Å². The minimum Gasteiger partial charge on any atom is -0.444 e. The van der Waals surface area contributed by atoms with Gasteiger partial charge in [-0.1, -0.05) is 6.08 Å². The first kappa shape index (κ1) is 26.4. The van der Waals surface area contributed by atoms with Crippen molar-refractivity contribution in [3.05, 3.63) is 12.7 Å². The van der Waals surface area contributed by atoms with Crippen LogP contribution < -0.4 is 10.6 Å². The summed E-state index contributed by atoms with van der Waals surface area (Å²) in [7, 11) is 4.96. The van der Waals surface area contributed by atoms with Crippen molar-refractivity contribution in [1.82, 2.24) is 20.4 Å². The second-order valence-corrected chi connectivity index (χ2v) is 7.53. The molecule has 1 aliphatic rings. The minimum absolute atomic E-state index is 0. The highest BCUT2D eigenvalue weighted by Crippen LogP contribution is 2.17. The van der Waals surface area contributed by atoms with Crippen LogP contribution in [0.3, 0.4) is 0 Å². The summed E-state index contributed by atoms with van der Waals surface area (Å²) in [6.45, 7) is 10.5. The SMILES string of the molecule is C=CCNC(=NCC(=O)N(C)C)NC1CN(C(=O)OC(C)(C)C)C[C@@H]1OC.I. The molecule has 1 rings (SSSR count). The maximum absolute atomic E-state index is 12.3. The van der Waals surface area contributed by atoms with Gasteiger partial charge in [-0.2, -0.15) is 0 Å². The van der Waals surface area contributed by atoms with E-state index in [4.69, 9.17) is 9.47 Å². The van der Waals surface area contributed by atoms with E-state index in [9.17, 15) is 9.59 Å². The molecule has 1 fully saturated rings. The molecule has 0 aromatic carbocycles. The van der Waals surface area contributed by atoms with E-state index < -0.39 is 5.60 Å². The highest BCUT2D eigenvalue weighted by molar-refractivity contribution is 14.0. The maximum atomic E-state index is 12.3. The number of guanidine groups is 1. The third-order valence-corrected chi connectivity index (χ3v) is 3.83. The van der Waals surface area contributed by atoms with Gasteiger partial charge in [-0.05, 0) is 20.8 Å². The van der Waals surface area contributed by atoms with Crippen molar-refractivity contribution in [3.63, 3.8) is 0 Å². The molecular formula is C18H34IN5O4. The Kier molecular flexibility index (Phi) is 11.4. The van der Waals surface area contributed by atoms with E-state index in [1.165, 1.54) is 4.90 Å². The normalized spacial score (nSPS) is 19.5. The molecule has 0 radical (unpaired) electrons. The van der Waals surface area contributed by atoms with Gasteiger partial charge in [0, 0.05) is 34.3 Å². The number of halogens is 1. The summed E-state index contributed by atoms with van der Waals surface area (Å²) in [5.41, 5.74) is -0.560. The first-order chi connectivity index (χ1) is 12.6. The number of hydrogen-bond acceptors (Lipinski definition) is 5. The van der Waals surface area contributed by atoms with Crippen LogP contribution in [-0.2, 0) is 14.3 Å². The number of likely N-dealkylation sites (tertiary alicyclic amines) is 1. The second kappa shape index (κ2) is 12.1. The molecule has 2 N–H and O–H groups in total. The monoisotopic (exact) mass is 511 g/mol. The fraction of sp³-hybridized carbons (Fsp3) is 0.722. The Morgan fingerprint density at radius 3 is 2.46 bits per heavy atom. The summed E-state index contributed by atoms with van der Waals surface area (Å²) in [6, 6.07) is -0.187. The van der Waals surface area contributed by atoms with E-state index >= 15 is 0 Å². The van der Waals surface area contributed by atoms with Crippen LogP contribution in [0.2, 0.25) is 0 Å². The lowest BCUT2D eigenvalue weighted by molar-refractivity contribution is -0.127. The van der Waals surface area contributed by atoms with Gasteiger partial charge < -0.3 is 29.9 Å². The Hall–Kier alpha value is -1.56. The van der Waals surface area contributed by atoms with Crippen LogP contribution in [0.25, 0.3) is 0 Å². The smallest absolute Gasteiger partial charge is 0.410 e. The molecule has 1 unspecified atom stereocenters. The van der Waals surface area contributed by atoms with Gasteiger partial charge in [-0.25, -0.2) is 9.79 Å². The topological polar surface area (TPSA) is 95.5 Å². The van der Waals surface area contributed by atoms with Crippen LogP contribution in [0.15, 0.2) is 17.6 Å². The zero-order valence-electron chi connectivity index (χ0n) is 17.7. The van der Waals surface area contributed by atoms with Gasteiger partial charge in [0.15, 0.2) is 5.96 Å². The molecule has 1 saturated heterocycles. The third-order valence-electron chi connectivity index (χ3n) is 3.83. The summed E-state index contributed by atoms with van der Waals surface area (Å²) in [5.74, 6) is 0.350. The number of nitrogens with zero attached hydrogens (tertiary/aromatic N) is 3. The number of nitrogens with one attached hydrogen (secondary N) is 2.